The van der Waals surface area contributed by atoms with E-state index in [1.807, 2.05) is 24.3 Å². The van der Waals surface area contributed by atoms with Crippen LogP contribution in [0.25, 0.3) is 0 Å². The van der Waals surface area contributed by atoms with E-state index in [4.69, 9.17) is 28.3 Å². The number of hydrogen-bond donors (Lipinski definition) is 1. The highest BCUT2D eigenvalue weighted by Crippen LogP contribution is 2.30. The maximum Gasteiger partial charge on any atom is 0.287 e. The molecule has 7 nitrogen and oxygen atoms in total. The van der Waals surface area contributed by atoms with E-state index in [2.05, 4.69) is 14.7 Å². The molecule has 0 saturated carbocycles. The average Bonchev–Trinajstić information content (AvgIpc) is 3.24. The molecule has 0 amide bonds. The lowest BCUT2D eigenvalue weighted by atomic mass is 9.92. The Morgan fingerprint density at radius 1 is 1.09 bits per heavy atom. The van der Waals surface area contributed by atoms with Gasteiger partial charge in [0.15, 0.2) is 0 Å². The minimum atomic E-state index is -4.06. The Balaban J connectivity index is 1.75. The number of sulfonamides is 1. The quantitative estimate of drug-likeness (QED) is 0.440. The van der Waals surface area contributed by atoms with Crippen LogP contribution in [0.5, 0.6) is 0 Å². The molecular formula is C22H19Cl2N5O2S. The van der Waals surface area contributed by atoms with Crippen molar-refractivity contribution in [2.75, 3.05) is 13.6 Å². The van der Waals surface area contributed by atoms with Crippen molar-refractivity contribution < 1.29 is 8.42 Å². The lowest BCUT2D eigenvalue weighted by Crippen LogP contribution is -2.36. The van der Waals surface area contributed by atoms with E-state index in [1.165, 1.54) is 17.1 Å². The molecule has 1 aromatic heterocycles. The Hall–Kier alpha value is -2.94. The topological polar surface area (TPSA) is 87.0 Å². The predicted molar refractivity (Wildman–Crippen MR) is 127 cm³/mol. The first kappa shape index (κ1) is 22.3. The summed E-state index contributed by atoms with van der Waals surface area (Å²) in [6.07, 6.45) is 3.47. The molecule has 0 radical (unpaired) electrons. The predicted octanol–water partition coefficient (Wildman–Crippen LogP) is 4.16. The molecule has 1 aliphatic heterocycles. The molecular weight excluding hydrogens is 469 g/mol. The van der Waals surface area contributed by atoms with Crippen LogP contribution in [-0.4, -0.2) is 43.7 Å². The number of halogens is 2. The van der Waals surface area contributed by atoms with Crippen molar-refractivity contribution >= 4 is 44.9 Å². The molecule has 0 aliphatic carbocycles. The van der Waals surface area contributed by atoms with Crippen LogP contribution in [0.15, 0.2) is 87.5 Å². The lowest BCUT2D eigenvalue weighted by Gasteiger charge is -2.17. The van der Waals surface area contributed by atoms with Gasteiger partial charge in [-0.1, -0.05) is 53.5 Å². The summed E-state index contributed by atoms with van der Waals surface area (Å²) in [6, 6.07) is 17.3. The largest absolute Gasteiger partial charge is 0.357 e. The highest BCUT2D eigenvalue weighted by molar-refractivity contribution is 7.90. The Kier molecular flexibility index (Phi) is 6.45. The zero-order chi connectivity index (χ0) is 22.7. The van der Waals surface area contributed by atoms with Gasteiger partial charge in [-0.2, -0.15) is 13.5 Å². The van der Waals surface area contributed by atoms with Crippen molar-refractivity contribution in [2.45, 2.75) is 10.8 Å². The van der Waals surface area contributed by atoms with Gasteiger partial charge in [0.1, 0.15) is 4.90 Å². The van der Waals surface area contributed by atoms with E-state index < -0.39 is 10.0 Å². The van der Waals surface area contributed by atoms with Crippen molar-refractivity contribution in [1.82, 2.24) is 15.3 Å². The molecule has 2 aromatic carbocycles. The molecule has 164 valence electrons. The number of hydrazone groups is 1. The molecule has 0 saturated heterocycles. The van der Waals surface area contributed by atoms with Crippen LogP contribution in [0.3, 0.4) is 0 Å². The summed E-state index contributed by atoms with van der Waals surface area (Å²) in [4.78, 5) is 4.15. The molecule has 0 fully saturated rings. The van der Waals surface area contributed by atoms with Gasteiger partial charge in [0.25, 0.3) is 10.0 Å². The summed E-state index contributed by atoms with van der Waals surface area (Å²) in [5.41, 5.74) is 2.58. The van der Waals surface area contributed by atoms with Crippen molar-refractivity contribution in [3.8, 4) is 0 Å². The van der Waals surface area contributed by atoms with Crippen molar-refractivity contribution in [3.63, 3.8) is 0 Å². The summed E-state index contributed by atoms with van der Waals surface area (Å²) in [7, 11) is -2.46. The number of pyridine rings is 1. The fraction of sp³-hybridized carbons (Fsp3) is 0.136. The van der Waals surface area contributed by atoms with Crippen LogP contribution < -0.4 is 5.32 Å². The van der Waals surface area contributed by atoms with E-state index in [1.54, 1.807) is 43.7 Å². The number of nitrogens with zero attached hydrogens (tertiary/aromatic N) is 4. The van der Waals surface area contributed by atoms with Crippen LogP contribution in [0.4, 0.5) is 0 Å². The molecule has 2 heterocycles. The smallest absolute Gasteiger partial charge is 0.287 e. The standard InChI is InChI=1S/C22H19Cl2N5O2S/c1-25-22(28-32(30,31)20-7-3-2-6-19(20)24)29-14-18(16-5-4-12-26-13-16)21(27-29)15-8-10-17(23)11-9-15/h2-13,18H,14H2,1H3,(H,25,28). The van der Waals surface area contributed by atoms with Crippen molar-refractivity contribution in [1.29, 1.82) is 0 Å². The normalized spacial score (nSPS) is 16.7. The molecule has 1 aliphatic rings. The maximum absolute atomic E-state index is 12.9. The summed E-state index contributed by atoms with van der Waals surface area (Å²) >= 11 is 12.1. The van der Waals surface area contributed by atoms with Crippen molar-refractivity contribution in [3.05, 3.63) is 94.2 Å². The van der Waals surface area contributed by atoms with Gasteiger partial charge >= 0.3 is 0 Å². The van der Waals surface area contributed by atoms with Gasteiger partial charge in [-0.15, -0.1) is 4.40 Å². The van der Waals surface area contributed by atoms with E-state index >= 15 is 0 Å². The fourth-order valence-corrected chi connectivity index (χ4v) is 5.03. The van der Waals surface area contributed by atoms with Gasteiger partial charge in [-0.05, 0) is 41.5 Å². The van der Waals surface area contributed by atoms with E-state index in [-0.39, 0.29) is 21.8 Å². The molecule has 1 N–H and O–H groups in total. The van der Waals surface area contributed by atoms with Crippen LogP contribution in [-0.2, 0) is 10.0 Å². The fourth-order valence-electron chi connectivity index (χ4n) is 3.40. The number of aromatic nitrogens is 1. The summed E-state index contributed by atoms with van der Waals surface area (Å²) in [5, 5.41) is 9.82. The molecule has 3 aromatic rings. The third-order valence-electron chi connectivity index (χ3n) is 4.93. The lowest BCUT2D eigenvalue weighted by molar-refractivity contribution is 0.460. The number of benzene rings is 2. The first-order valence-corrected chi connectivity index (χ1v) is 11.9. The monoisotopic (exact) mass is 487 g/mol. The molecule has 1 unspecified atom stereocenters. The van der Waals surface area contributed by atoms with Gasteiger partial charge in [-0.3, -0.25) is 4.98 Å². The third kappa shape index (κ3) is 4.62. The number of nitrogens with one attached hydrogen (secondary N) is 1. The zero-order valence-electron chi connectivity index (χ0n) is 17.0. The minimum Gasteiger partial charge on any atom is -0.357 e. The zero-order valence-corrected chi connectivity index (χ0v) is 19.3. The molecule has 4 rings (SSSR count). The summed E-state index contributed by atoms with van der Waals surface area (Å²) in [5.74, 6) is -0.0609. The van der Waals surface area contributed by atoms with Crippen molar-refractivity contribution in [2.24, 2.45) is 9.50 Å². The van der Waals surface area contributed by atoms with Gasteiger partial charge in [-0.25, -0.2) is 5.01 Å². The Morgan fingerprint density at radius 2 is 1.84 bits per heavy atom. The second-order valence-corrected chi connectivity index (χ2v) is 9.40. The maximum atomic E-state index is 12.9. The van der Waals surface area contributed by atoms with Gasteiger partial charge in [0.2, 0.25) is 5.96 Å². The molecule has 10 heteroatoms. The molecule has 1 atom stereocenters. The highest BCUT2D eigenvalue weighted by Gasteiger charge is 2.32. The summed E-state index contributed by atoms with van der Waals surface area (Å²) < 4.78 is 29.8. The van der Waals surface area contributed by atoms with Crippen LogP contribution in [0.2, 0.25) is 10.0 Å². The molecule has 0 bridgehead atoms. The van der Waals surface area contributed by atoms with E-state index in [9.17, 15) is 8.42 Å². The second kappa shape index (κ2) is 9.28. The second-order valence-electron chi connectivity index (χ2n) is 6.98. The first-order chi connectivity index (χ1) is 15.4. The Bertz CT molecular complexity index is 1280. The minimum absolute atomic E-state index is 0.0701. The average molecular weight is 488 g/mol. The molecule has 0 spiro atoms. The van der Waals surface area contributed by atoms with E-state index in [0.29, 0.717) is 11.6 Å². The summed E-state index contributed by atoms with van der Waals surface area (Å²) in [6.45, 7) is 0.376. The van der Waals surface area contributed by atoms with Crippen LogP contribution in [0, 0.1) is 0 Å². The number of rotatable bonds is 4. The van der Waals surface area contributed by atoms with Crippen LogP contribution in [0.1, 0.15) is 17.0 Å². The van der Waals surface area contributed by atoms with Gasteiger partial charge in [0.05, 0.1) is 17.3 Å². The first-order valence-electron chi connectivity index (χ1n) is 9.68. The Morgan fingerprint density at radius 3 is 2.50 bits per heavy atom. The highest BCUT2D eigenvalue weighted by atomic mass is 35.5. The van der Waals surface area contributed by atoms with Gasteiger partial charge in [0, 0.05) is 30.4 Å². The number of guanidine groups is 1. The number of hydrogen-bond acceptors (Lipinski definition) is 4. The van der Waals surface area contributed by atoms with Gasteiger partial charge < -0.3 is 5.32 Å². The Labute approximate surface area is 196 Å². The SMILES string of the molecule is CN/C(=N/S(=O)(=O)c1ccccc1Cl)N1CC(c2cccnc2)C(c2ccc(Cl)cc2)=N1. The third-order valence-corrected chi connectivity index (χ3v) is 6.95. The van der Waals surface area contributed by atoms with Crippen LogP contribution >= 0.6 is 23.2 Å². The molecule has 32 heavy (non-hydrogen) atoms. The van der Waals surface area contributed by atoms with E-state index in [0.717, 1.165) is 16.8 Å².